The van der Waals surface area contributed by atoms with Crippen molar-refractivity contribution in [3.05, 3.63) is 96.1 Å². The Kier molecular flexibility index (Phi) is 6.27. The van der Waals surface area contributed by atoms with Gasteiger partial charge in [-0.15, -0.1) is 0 Å². The van der Waals surface area contributed by atoms with Gasteiger partial charge in [-0.25, -0.2) is 9.89 Å². The highest BCUT2D eigenvalue weighted by molar-refractivity contribution is 8.15. The van der Waals surface area contributed by atoms with Crippen molar-refractivity contribution < 1.29 is 9.59 Å². The van der Waals surface area contributed by atoms with Crippen LogP contribution in [0.5, 0.6) is 0 Å². The summed E-state index contributed by atoms with van der Waals surface area (Å²) in [6.07, 6.45) is 1.11. The van der Waals surface area contributed by atoms with E-state index in [1.54, 1.807) is 4.90 Å². The standard InChI is InChI=1S/C27H24N4O2S/c1-2-23(25(32)28-19-13-7-4-8-14-19)34-27-30-21-16-10-9-15-20(21)24-29-22(26(33)31(24)27)17-18-11-5-3-6-12-18/h3-16,22-23H,2,17H2,1H3,(H,28,32)/t22-,23+/m1/s1. The molecule has 2 amide bonds. The number of fused-ring (bicyclic) bond motifs is 3. The van der Waals surface area contributed by atoms with Crippen LogP contribution in [0.4, 0.5) is 11.4 Å². The number of nitrogens with one attached hydrogen (secondary N) is 1. The lowest BCUT2D eigenvalue weighted by molar-refractivity contribution is -0.124. The molecule has 2 atom stereocenters. The molecule has 1 N–H and O–H groups in total. The van der Waals surface area contributed by atoms with E-state index in [-0.39, 0.29) is 11.8 Å². The van der Waals surface area contributed by atoms with Crippen LogP contribution in [0.25, 0.3) is 0 Å². The van der Waals surface area contributed by atoms with Crippen LogP contribution in [0.3, 0.4) is 0 Å². The van der Waals surface area contributed by atoms with Gasteiger partial charge in [0.15, 0.2) is 5.17 Å². The molecule has 0 bridgehead atoms. The van der Waals surface area contributed by atoms with Crippen LogP contribution < -0.4 is 5.32 Å². The molecule has 7 heteroatoms. The molecule has 34 heavy (non-hydrogen) atoms. The first-order valence-electron chi connectivity index (χ1n) is 11.3. The number of carbonyl (C=O) groups is 2. The molecule has 2 aliphatic rings. The van der Waals surface area contributed by atoms with E-state index in [0.717, 1.165) is 22.5 Å². The fraction of sp³-hybridized carbons (Fsp3) is 0.185. The molecule has 0 aromatic heterocycles. The summed E-state index contributed by atoms with van der Waals surface area (Å²) in [7, 11) is 0. The first kappa shape index (κ1) is 22.1. The van der Waals surface area contributed by atoms with Gasteiger partial charge in [-0.05, 0) is 36.2 Å². The molecule has 0 saturated carbocycles. The normalized spacial score (nSPS) is 17.4. The molecule has 6 nitrogen and oxygen atoms in total. The number of anilines is 1. The third kappa shape index (κ3) is 4.39. The number of hydrogen-bond donors (Lipinski definition) is 1. The molecule has 3 aromatic rings. The van der Waals surface area contributed by atoms with E-state index in [4.69, 9.17) is 9.98 Å². The smallest absolute Gasteiger partial charge is 0.259 e. The Morgan fingerprint density at radius 1 is 1.00 bits per heavy atom. The Morgan fingerprint density at radius 3 is 2.41 bits per heavy atom. The molecular weight excluding hydrogens is 444 g/mol. The van der Waals surface area contributed by atoms with Crippen molar-refractivity contribution in [2.24, 2.45) is 9.98 Å². The van der Waals surface area contributed by atoms with Crippen molar-refractivity contribution >= 4 is 46.0 Å². The highest BCUT2D eigenvalue weighted by Gasteiger charge is 2.42. The van der Waals surface area contributed by atoms with Gasteiger partial charge in [0.1, 0.15) is 11.9 Å². The number of rotatable bonds is 6. The maximum atomic E-state index is 13.5. The Balaban J connectivity index is 1.43. The fourth-order valence-corrected chi connectivity index (χ4v) is 5.07. The van der Waals surface area contributed by atoms with Gasteiger partial charge in [0.2, 0.25) is 5.91 Å². The first-order chi connectivity index (χ1) is 16.6. The molecule has 0 spiro atoms. The number of amides is 2. The van der Waals surface area contributed by atoms with Crippen molar-refractivity contribution in [2.75, 3.05) is 5.32 Å². The van der Waals surface area contributed by atoms with Gasteiger partial charge < -0.3 is 5.32 Å². The Morgan fingerprint density at radius 2 is 1.68 bits per heavy atom. The van der Waals surface area contributed by atoms with Gasteiger partial charge in [-0.3, -0.25) is 14.6 Å². The minimum absolute atomic E-state index is 0.113. The van der Waals surface area contributed by atoms with Gasteiger partial charge in [-0.1, -0.05) is 79.3 Å². The van der Waals surface area contributed by atoms with Crippen molar-refractivity contribution in [3.8, 4) is 0 Å². The van der Waals surface area contributed by atoms with E-state index in [9.17, 15) is 9.59 Å². The molecule has 0 aliphatic carbocycles. The second-order valence-electron chi connectivity index (χ2n) is 8.11. The molecule has 2 heterocycles. The number of para-hydroxylation sites is 2. The number of thioether (sulfide) groups is 1. The number of nitrogens with zero attached hydrogens (tertiary/aromatic N) is 3. The minimum atomic E-state index is -0.521. The Labute approximate surface area is 202 Å². The molecule has 0 radical (unpaired) electrons. The second kappa shape index (κ2) is 9.65. The third-order valence-electron chi connectivity index (χ3n) is 5.77. The van der Waals surface area contributed by atoms with Gasteiger partial charge in [-0.2, -0.15) is 0 Å². The summed E-state index contributed by atoms with van der Waals surface area (Å²) in [5.41, 5.74) is 3.38. The molecule has 0 unspecified atom stereocenters. The average Bonchev–Trinajstić information content (AvgIpc) is 3.20. The van der Waals surface area contributed by atoms with E-state index in [1.807, 2.05) is 91.9 Å². The zero-order valence-electron chi connectivity index (χ0n) is 18.7. The summed E-state index contributed by atoms with van der Waals surface area (Å²) in [6.45, 7) is 1.96. The molecule has 5 rings (SSSR count). The summed E-state index contributed by atoms with van der Waals surface area (Å²) in [4.78, 5) is 37.7. The molecule has 0 saturated heterocycles. The summed E-state index contributed by atoms with van der Waals surface area (Å²) in [5.74, 6) is 0.376. The van der Waals surface area contributed by atoms with Crippen LogP contribution in [0, 0.1) is 0 Å². The Hall–Kier alpha value is -3.71. The van der Waals surface area contributed by atoms with Crippen LogP contribution in [0.2, 0.25) is 0 Å². The molecule has 170 valence electrons. The molecule has 2 aliphatic heterocycles. The average molecular weight is 469 g/mol. The number of carbonyl (C=O) groups excluding carboxylic acids is 2. The predicted molar refractivity (Wildman–Crippen MR) is 138 cm³/mol. The number of hydrogen-bond acceptors (Lipinski definition) is 5. The van der Waals surface area contributed by atoms with E-state index in [1.165, 1.54) is 11.8 Å². The highest BCUT2D eigenvalue weighted by atomic mass is 32.2. The Bertz CT molecular complexity index is 1270. The minimum Gasteiger partial charge on any atom is -0.325 e. The maximum Gasteiger partial charge on any atom is 0.259 e. The third-order valence-corrected chi connectivity index (χ3v) is 7.09. The van der Waals surface area contributed by atoms with Crippen molar-refractivity contribution in [1.29, 1.82) is 0 Å². The van der Waals surface area contributed by atoms with E-state index >= 15 is 0 Å². The van der Waals surface area contributed by atoms with E-state index < -0.39 is 11.3 Å². The van der Waals surface area contributed by atoms with Gasteiger partial charge in [0, 0.05) is 17.7 Å². The lowest BCUT2D eigenvalue weighted by atomic mass is 10.1. The summed E-state index contributed by atoms with van der Waals surface area (Å²) in [6, 6.07) is 26.4. The summed E-state index contributed by atoms with van der Waals surface area (Å²) in [5, 5.41) is 3.05. The number of aliphatic imine (C=N–C) groups is 2. The summed E-state index contributed by atoms with van der Waals surface area (Å²) >= 11 is 1.31. The molecule has 3 aromatic carbocycles. The first-order valence-corrected chi connectivity index (χ1v) is 12.2. The zero-order chi connectivity index (χ0) is 23.5. The molecular formula is C27H24N4O2S. The van der Waals surface area contributed by atoms with Crippen LogP contribution in [-0.2, 0) is 16.0 Å². The van der Waals surface area contributed by atoms with Crippen molar-refractivity contribution in [1.82, 2.24) is 4.90 Å². The van der Waals surface area contributed by atoms with E-state index in [2.05, 4.69) is 5.32 Å². The zero-order valence-corrected chi connectivity index (χ0v) is 19.5. The van der Waals surface area contributed by atoms with Crippen LogP contribution in [-0.4, -0.2) is 39.0 Å². The maximum absolute atomic E-state index is 13.5. The van der Waals surface area contributed by atoms with Crippen molar-refractivity contribution in [2.45, 2.75) is 31.1 Å². The van der Waals surface area contributed by atoms with E-state index in [0.29, 0.717) is 23.8 Å². The van der Waals surface area contributed by atoms with Crippen LogP contribution in [0.1, 0.15) is 24.5 Å². The number of amidine groups is 2. The van der Waals surface area contributed by atoms with Gasteiger partial charge in [0.05, 0.1) is 10.9 Å². The monoisotopic (exact) mass is 468 g/mol. The SMILES string of the molecule is CC[C@H](SC1=Nc2ccccc2C2=N[C@H](Cc3ccccc3)C(=O)N12)C(=O)Nc1ccccc1. The lowest BCUT2D eigenvalue weighted by Crippen LogP contribution is -2.42. The van der Waals surface area contributed by atoms with Crippen LogP contribution in [0.15, 0.2) is 94.9 Å². The largest absolute Gasteiger partial charge is 0.325 e. The molecule has 0 fully saturated rings. The quantitative estimate of drug-likeness (QED) is 0.551. The predicted octanol–water partition coefficient (Wildman–Crippen LogP) is 5.04. The van der Waals surface area contributed by atoms with Gasteiger partial charge in [0.25, 0.3) is 5.91 Å². The lowest BCUT2D eigenvalue weighted by Gasteiger charge is -2.27. The van der Waals surface area contributed by atoms with Gasteiger partial charge >= 0.3 is 0 Å². The highest BCUT2D eigenvalue weighted by Crippen LogP contribution is 2.35. The summed E-state index contributed by atoms with van der Waals surface area (Å²) < 4.78 is 0. The fourth-order valence-electron chi connectivity index (χ4n) is 4.05. The van der Waals surface area contributed by atoms with Crippen molar-refractivity contribution in [3.63, 3.8) is 0 Å². The van der Waals surface area contributed by atoms with Crippen LogP contribution >= 0.6 is 11.8 Å². The topological polar surface area (TPSA) is 74.1 Å². The second-order valence-corrected chi connectivity index (χ2v) is 9.28. The number of benzene rings is 3.